The molecule has 1 rings (SSSR count). The second-order valence-electron chi connectivity index (χ2n) is 7.91. The van der Waals surface area contributed by atoms with Crippen molar-refractivity contribution in [3.05, 3.63) is 11.6 Å². The van der Waals surface area contributed by atoms with Crippen molar-refractivity contribution < 1.29 is 19.2 Å². The van der Waals surface area contributed by atoms with E-state index < -0.39 is 6.04 Å². The van der Waals surface area contributed by atoms with Gasteiger partial charge >= 0.3 is 0 Å². The van der Waals surface area contributed by atoms with E-state index in [1.165, 1.54) is 4.90 Å². The van der Waals surface area contributed by atoms with Crippen LogP contribution in [-0.4, -0.2) is 72.2 Å². The van der Waals surface area contributed by atoms with Crippen molar-refractivity contribution >= 4 is 24.1 Å². The van der Waals surface area contributed by atoms with Crippen LogP contribution in [0, 0.1) is 5.92 Å². The third-order valence-corrected chi connectivity index (χ3v) is 4.87. The molecule has 0 aromatic heterocycles. The van der Waals surface area contributed by atoms with E-state index in [1.54, 1.807) is 24.9 Å². The monoisotopic (exact) mass is 394 g/mol. The van der Waals surface area contributed by atoms with Crippen LogP contribution in [0.4, 0.5) is 0 Å². The van der Waals surface area contributed by atoms with Gasteiger partial charge in [-0.05, 0) is 39.5 Å². The lowest BCUT2D eigenvalue weighted by Gasteiger charge is -2.30. The van der Waals surface area contributed by atoms with E-state index in [0.29, 0.717) is 24.9 Å². The van der Waals surface area contributed by atoms with Gasteiger partial charge < -0.3 is 20.4 Å². The van der Waals surface area contributed by atoms with Crippen LogP contribution < -0.4 is 10.6 Å². The van der Waals surface area contributed by atoms with E-state index in [1.807, 2.05) is 27.7 Å². The zero-order valence-electron chi connectivity index (χ0n) is 17.8. The van der Waals surface area contributed by atoms with Gasteiger partial charge in [-0.2, -0.15) is 0 Å². The molecule has 0 aromatic carbocycles. The summed E-state index contributed by atoms with van der Waals surface area (Å²) in [5.41, 5.74) is 0.506. The number of nitrogens with one attached hydrogen (secondary N) is 2. The Morgan fingerprint density at radius 2 is 1.86 bits per heavy atom. The average molecular weight is 395 g/mol. The van der Waals surface area contributed by atoms with Crippen molar-refractivity contribution in [1.29, 1.82) is 0 Å². The Morgan fingerprint density at radius 3 is 2.39 bits per heavy atom. The highest BCUT2D eigenvalue weighted by Gasteiger charge is 2.35. The zero-order chi connectivity index (χ0) is 21.4. The Labute approximate surface area is 167 Å². The van der Waals surface area contributed by atoms with Crippen molar-refractivity contribution in [2.45, 2.75) is 65.6 Å². The summed E-state index contributed by atoms with van der Waals surface area (Å²) in [7, 11) is 1.66. The van der Waals surface area contributed by atoms with E-state index in [2.05, 4.69) is 10.6 Å². The minimum atomic E-state index is -0.452. The van der Waals surface area contributed by atoms with Crippen LogP contribution in [0.25, 0.3) is 0 Å². The first kappa shape index (κ1) is 23.7. The lowest BCUT2D eigenvalue weighted by atomic mass is 9.99. The predicted molar refractivity (Wildman–Crippen MR) is 107 cm³/mol. The predicted octanol–water partition coefficient (Wildman–Crippen LogP) is 0.677. The smallest absolute Gasteiger partial charge is 0.249 e. The fourth-order valence-corrected chi connectivity index (χ4v) is 3.39. The Hall–Kier alpha value is -2.38. The number of nitrogens with zero attached hydrogens (tertiary/aromatic N) is 2. The molecule has 0 spiro atoms. The third kappa shape index (κ3) is 6.35. The molecular weight excluding hydrogens is 360 g/mol. The Bertz CT molecular complexity index is 615. The first-order valence-electron chi connectivity index (χ1n) is 9.82. The lowest BCUT2D eigenvalue weighted by Crippen LogP contribution is -2.48. The molecule has 8 nitrogen and oxygen atoms in total. The SMILES string of the molecule is CC(=C[C@H](C(C)C)N(C)C(=O)CNC=O)C(=O)N1CCCC1C(=O)NC(C)C. The summed E-state index contributed by atoms with van der Waals surface area (Å²) in [6, 6.07) is -0.728. The summed E-state index contributed by atoms with van der Waals surface area (Å²) in [5.74, 6) is -0.468. The van der Waals surface area contributed by atoms with Gasteiger partial charge in [0.15, 0.2) is 0 Å². The molecular formula is C20H34N4O4. The van der Waals surface area contributed by atoms with Crippen molar-refractivity contribution in [2.75, 3.05) is 20.1 Å². The molecule has 0 bridgehead atoms. The first-order chi connectivity index (χ1) is 13.1. The summed E-state index contributed by atoms with van der Waals surface area (Å²) < 4.78 is 0. The van der Waals surface area contributed by atoms with E-state index in [4.69, 9.17) is 0 Å². The van der Waals surface area contributed by atoms with Gasteiger partial charge in [0.05, 0.1) is 12.6 Å². The number of carbonyl (C=O) groups excluding carboxylic acids is 4. The van der Waals surface area contributed by atoms with Crippen LogP contribution >= 0.6 is 0 Å². The summed E-state index contributed by atoms with van der Waals surface area (Å²) in [6.07, 6.45) is 3.71. The highest BCUT2D eigenvalue weighted by Crippen LogP contribution is 2.21. The second-order valence-corrected chi connectivity index (χ2v) is 7.91. The zero-order valence-corrected chi connectivity index (χ0v) is 17.8. The molecule has 1 heterocycles. The van der Waals surface area contributed by atoms with Crippen LogP contribution in [0.3, 0.4) is 0 Å². The third-order valence-electron chi connectivity index (χ3n) is 4.87. The minimum absolute atomic E-state index is 0.0200. The van der Waals surface area contributed by atoms with Crippen LogP contribution in [0.5, 0.6) is 0 Å². The lowest BCUT2D eigenvalue weighted by molar-refractivity contribution is -0.136. The van der Waals surface area contributed by atoms with Crippen molar-refractivity contribution in [3.63, 3.8) is 0 Å². The highest BCUT2D eigenvalue weighted by molar-refractivity contribution is 5.97. The van der Waals surface area contributed by atoms with Gasteiger partial charge in [0.25, 0.3) is 0 Å². The second kappa shape index (κ2) is 10.8. The fraction of sp³-hybridized carbons (Fsp3) is 0.700. The molecule has 4 amide bonds. The number of hydrogen-bond donors (Lipinski definition) is 2. The number of hydrogen-bond acceptors (Lipinski definition) is 4. The highest BCUT2D eigenvalue weighted by atomic mass is 16.2. The average Bonchev–Trinajstić information content (AvgIpc) is 3.11. The number of carbonyl (C=O) groups is 4. The van der Waals surface area contributed by atoms with Gasteiger partial charge in [0.2, 0.25) is 24.1 Å². The molecule has 28 heavy (non-hydrogen) atoms. The summed E-state index contributed by atoms with van der Waals surface area (Å²) in [5, 5.41) is 5.24. The van der Waals surface area contributed by atoms with Gasteiger partial charge in [-0.3, -0.25) is 19.2 Å². The van der Waals surface area contributed by atoms with Crippen LogP contribution in [0.15, 0.2) is 11.6 Å². The number of rotatable bonds is 9. The topological polar surface area (TPSA) is 98.8 Å². The van der Waals surface area contributed by atoms with Crippen molar-refractivity contribution in [2.24, 2.45) is 5.92 Å². The van der Waals surface area contributed by atoms with E-state index >= 15 is 0 Å². The molecule has 0 radical (unpaired) electrons. The van der Waals surface area contributed by atoms with Gasteiger partial charge in [0, 0.05) is 25.2 Å². The van der Waals surface area contributed by atoms with E-state index in [0.717, 1.165) is 6.42 Å². The van der Waals surface area contributed by atoms with Gasteiger partial charge in [-0.25, -0.2) is 0 Å². The molecule has 0 saturated carbocycles. The van der Waals surface area contributed by atoms with Crippen molar-refractivity contribution in [3.8, 4) is 0 Å². The molecule has 1 unspecified atom stereocenters. The summed E-state index contributed by atoms with van der Waals surface area (Å²) >= 11 is 0. The van der Waals surface area contributed by atoms with Crippen LogP contribution in [0.2, 0.25) is 0 Å². The maximum Gasteiger partial charge on any atom is 0.249 e. The van der Waals surface area contributed by atoms with E-state index in [-0.39, 0.29) is 42.3 Å². The van der Waals surface area contributed by atoms with Gasteiger partial charge in [-0.1, -0.05) is 19.9 Å². The fourth-order valence-electron chi connectivity index (χ4n) is 3.39. The molecule has 0 aromatic rings. The number of amides is 4. The number of likely N-dealkylation sites (tertiary alicyclic amines) is 1. The Kier molecular flexibility index (Phi) is 9.15. The summed E-state index contributed by atoms with van der Waals surface area (Å²) in [6.45, 7) is 9.89. The molecule has 8 heteroatoms. The Morgan fingerprint density at radius 1 is 1.21 bits per heavy atom. The molecule has 1 fully saturated rings. The quantitative estimate of drug-likeness (QED) is 0.444. The molecule has 1 aliphatic heterocycles. The largest absolute Gasteiger partial charge is 0.352 e. The van der Waals surface area contributed by atoms with Gasteiger partial charge in [0.1, 0.15) is 6.04 Å². The normalized spacial score (nSPS) is 18.2. The molecule has 2 atom stereocenters. The maximum absolute atomic E-state index is 13.0. The molecule has 158 valence electrons. The van der Waals surface area contributed by atoms with Gasteiger partial charge in [-0.15, -0.1) is 0 Å². The standard InChI is InChI=1S/C20H34N4O4/c1-13(2)17(23(6)18(26)11-21-12-25)10-15(5)20(28)24-9-7-8-16(24)19(27)22-14(3)4/h10,12-14,16-17H,7-9,11H2,1-6H3,(H,21,25)(H,22,27)/t16?,17-/m1/s1. The summed E-state index contributed by atoms with van der Waals surface area (Å²) in [4.78, 5) is 51.2. The first-order valence-corrected chi connectivity index (χ1v) is 9.82. The minimum Gasteiger partial charge on any atom is -0.352 e. The molecule has 1 saturated heterocycles. The van der Waals surface area contributed by atoms with Crippen LogP contribution in [0.1, 0.15) is 47.5 Å². The van der Waals surface area contributed by atoms with E-state index in [9.17, 15) is 19.2 Å². The van der Waals surface area contributed by atoms with Crippen molar-refractivity contribution in [1.82, 2.24) is 20.4 Å². The number of likely N-dealkylation sites (N-methyl/N-ethyl adjacent to an activating group) is 1. The molecule has 0 aliphatic carbocycles. The Balaban J connectivity index is 2.95. The molecule has 2 N–H and O–H groups in total. The van der Waals surface area contributed by atoms with Crippen LogP contribution in [-0.2, 0) is 19.2 Å². The maximum atomic E-state index is 13.0. The molecule has 1 aliphatic rings.